The number of carbonyl (C=O) groups is 1. The lowest BCUT2D eigenvalue weighted by molar-refractivity contribution is 0.0919. The number of rotatable bonds is 12. The minimum Gasteiger partial charge on any atom is -0.495 e. The fourth-order valence-electron chi connectivity index (χ4n) is 5.09. The van der Waals surface area contributed by atoms with Crippen molar-refractivity contribution in [1.29, 1.82) is 5.26 Å². The van der Waals surface area contributed by atoms with Crippen LogP contribution in [0.2, 0.25) is 0 Å². The number of hydrogen-bond acceptors (Lipinski definition) is 7. The number of nitriles is 1. The highest BCUT2D eigenvalue weighted by molar-refractivity contribution is 6.03. The van der Waals surface area contributed by atoms with Crippen LogP contribution in [0, 0.1) is 11.3 Å². The number of anilines is 1. The molecule has 0 atom stereocenters. The number of nitrogens with zero attached hydrogens (tertiary/aromatic N) is 2. The number of carbonyl (C=O) groups excluding carboxylic acids is 1. The van der Waals surface area contributed by atoms with E-state index in [1.165, 1.54) is 0 Å². The molecule has 1 heterocycles. The summed E-state index contributed by atoms with van der Waals surface area (Å²) in [6, 6.07) is 16.4. The summed E-state index contributed by atoms with van der Waals surface area (Å²) in [5.74, 6) is 0.509. The first-order valence-corrected chi connectivity index (χ1v) is 13.4. The van der Waals surface area contributed by atoms with Crippen molar-refractivity contribution in [3.05, 3.63) is 66.5 Å². The third-order valence-electron chi connectivity index (χ3n) is 7.19. The second kappa shape index (κ2) is 13.7. The number of nitrogens with one attached hydrogen (secondary N) is 3. The molecule has 0 radical (unpaired) electrons. The Morgan fingerprint density at radius 3 is 2.64 bits per heavy atom. The van der Waals surface area contributed by atoms with Gasteiger partial charge in [-0.2, -0.15) is 5.26 Å². The zero-order chi connectivity index (χ0) is 27.6. The Morgan fingerprint density at radius 2 is 1.90 bits per heavy atom. The maximum atomic E-state index is 13.4. The van der Waals surface area contributed by atoms with Gasteiger partial charge in [0.2, 0.25) is 0 Å². The molecule has 1 saturated carbocycles. The number of ether oxygens (including phenoxy) is 2. The van der Waals surface area contributed by atoms with Crippen molar-refractivity contribution in [1.82, 2.24) is 15.6 Å². The molecule has 1 fully saturated rings. The lowest BCUT2D eigenvalue weighted by Gasteiger charge is -2.30. The first-order valence-electron chi connectivity index (χ1n) is 13.4. The van der Waals surface area contributed by atoms with Gasteiger partial charge in [-0.05, 0) is 67.8 Å². The van der Waals surface area contributed by atoms with E-state index in [4.69, 9.17) is 14.7 Å². The van der Waals surface area contributed by atoms with E-state index < -0.39 is 0 Å². The monoisotopic (exact) mass is 527 g/mol. The lowest BCUT2D eigenvalue weighted by atomic mass is 9.91. The van der Waals surface area contributed by atoms with Crippen LogP contribution in [0.25, 0.3) is 21.9 Å². The van der Waals surface area contributed by atoms with E-state index in [1.54, 1.807) is 20.4 Å². The van der Waals surface area contributed by atoms with E-state index in [2.05, 4.69) is 33.6 Å². The summed E-state index contributed by atoms with van der Waals surface area (Å²) < 4.78 is 10.7. The highest BCUT2D eigenvalue weighted by atomic mass is 16.5. The summed E-state index contributed by atoms with van der Waals surface area (Å²) in [6.45, 7) is 5.80. The summed E-state index contributed by atoms with van der Waals surface area (Å²) >= 11 is 0. The second-order valence-electron chi connectivity index (χ2n) is 9.87. The summed E-state index contributed by atoms with van der Waals surface area (Å²) in [5.41, 5.74) is 3.25. The Bertz CT molecular complexity index is 1340. The Hall–Kier alpha value is -3.93. The number of amides is 1. The van der Waals surface area contributed by atoms with E-state index in [9.17, 15) is 4.79 Å². The van der Waals surface area contributed by atoms with Crippen LogP contribution in [0.1, 0.15) is 42.6 Å². The minimum atomic E-state index is -0.156. The normalized spacial score (nSPS) is 16.8. The average Bonchev–Trinajstić information content (AvgIpc) is 2.98. The summed E-state index contributed by atoms with van der Waals surface area (Å²) in [5, 5.41) is 21.2. The summed E-state index contributed by atoms with van der Waals surface area (Å²) in [7, 11) is 3.34. The molecule has 1 aromatic heterocycles. The van der Waals surface area contributed by atoms with Crippen LogP contribution in [-0.4, -0.2) is 56.9 Å². The van der Waals surface area contributed by atoms with Gasteiger partial charge in [0.15, 0.2) is 0 Å². The van der Waals surface area contributed by atoms with Crippen molar-refractivity contribution in [2.24, 2.45) is 0 Å². The summed E-state index contributed by atoms with van der Waals surface area (Å²) in [4.78, 5) is 17.9. The second-order valence-corrected chi connectivity index (χ2v) is 9.87. The van der Waals surface area contributed by atoms with Crippen molar-refractivity contribution in [2.75, 3.05) is 39.2 Å². The fraction of sp³-hybridized carbons (Fsp3) is 0.387. The van der Waals surface area contributed by atoms with Gasteiger partial charge in [-0.1, -0.05) is 30.8 Å². The molecule has 4 rings (SSSR count). The Balaban J connectivity index is 1.52. The van der Waals surface area contributed by atoms with Gasteiger partial charge in [0.25, 0.3) is 5.91 Å². The Labute approximate surface area is 230 Å². The number of hydrogen-bond donors (Lipinski definition) is 3. The molecule has 0 aliphatic heterocycles. The van der Waals surface area contributed by atoms with Crippen molar-refractivity contribution < 1.29 is 14.3 Å². The Kier molecular flexibility index (Phi) is 9.90. The van der Waals surface area contributed by atoms with E-state index in [-0.39, 0.29) is 11.9 Å². The van der Waals surface area contributed by atoms with Crippen LogP contribution in [0.15, 0.2) is 60.8 Å². The van der Waals surface area contributed by atoms with Crippen LogP contribution >= 0.6 is 0 Å². The highest BCUT2D eigenvalue weighted by Gasteiger charge is 2.24. The largest absolute Gasteiger partial charge is 0.495 e. The molecule has 3 aromatic rings. The lowest BCUT2D eigenvalue weighted by Crippen LogP contribution is -2.42. The molecule has 204 valence electrons. The van der Waals surface area contributed by atoms with Gasteiger partial charge < -0.3 is 25.4 Å². The predicted molar refractivity (Wildman–Crippen MR) is 155 cm³/mol. The first-order chi connectivity index (χ1) is 19.0. The zero-order valence-corrected chi connectivity index (χ0v) is 22.8. The zero-order valence-electron chi connectivity index (χ0n) is 22.8. The third-order valence-corrected chi connectivity index (χ3v) is 7.19. The molecule has 0 saturated heterocycles. The molecule has 8 nitrogen and oxygen atoms in total. The standard InChI is InChI=1S/C31H37N5O3/c1-21(19-32)20-35-29-27-18-23(8-7-22(27)9-14-28(29)39-3)26-6-4-15-34-30(26)31(37)36-25-12-10-24(11-13-25)33-16-5-17-38-2/h4,6-9,14-15,18,24-25,33,35H,1,5,10-13,16-17,20H2,2-3H3,(H,36,37). The SMILES string of the molecule is C=C(C#N)CNc1c(OC)ccc2ccc(-c3cccnc3C(=O)NC3CCC(NCCCOC)CC3)cc12. The molecule has 0 unspecified atom stereocenters. The highest BCUT2D eigenvalue weighted by Crippen LogP contribution is 2.36. The van der Waals surface area contributed by atoms with Gasteiger partial charge in [0.05, 0.1) is 18.9 Å². The molecule has 1 aliphatic carbocycles. The van der Waals surface area contributed by atoms with Gasteiger partial charge in [0, 0.05) is 55.1 Å². The molecule has 2 aromatic carbocycles. The van der Waals surface area contributed by atoms with Crippen molar-refractivity contribution >= 4 is 22.4 Å². The van der Waals surface area contributed by atoms with Crippen molar-refractivity contribution in [3.8, 4) is 22.9 Å². The van der Waals surface area contributed by atoms with Gasteiger partial charge in [-0.25, -0.2) is 0 Å². The topological polar surface area (TPSA) is 108 Å². The number of aromatic nitrogens is 1. The number of methoxy groups -OCH3 is 2. The maximum absolute atomic E-state index is 13.4. The van der Waals surface area contributed by atoms with E-state index in [1.807, 2.05) is 42.5 Å². The van der Waals surface area contributed by atoms with Crippen LogP contribution < -0.4 is 20.7 Å². The maximum Gasteiger partial charge on any atom is 0.270 e. The van der Waals surface area contributed by atoms with Gasteiger partial charge >= 0.3 is 0 Å². The molecule has 39 heavy (non-hydrogen) atoms. The average molecular weight is 528 g/mol. The Morgan fingerprint density at radius 1 is 1.13 bits per heavy atom. The molecular formula is C31H37N5O3. The van der Waals surface area contributed by atoms with Crippen LogP contribution in [0.4, 0.5) is 5.69 Å². The van der Waals surface area contributed by atoms with Crippen LogP contribution in [0.3, 0.4) is 0 Å². The molecule has 1 aliphatic rings. The molecule has 0 bridgehead atoms. The van der Waals surface area contributed by atoms with E-state index in [0.29, 0.717) is 29.6 Å². The number of pyridine rings is 1. The van der Waals surface area contributed by atoms with Crippen LogP contribution in [0.5, 0.6) is 5.75 Å². The quantitative estimate of drug-likeness (QED) is 0.223. The molecular weight excluding hydrogens is 490 g/mol. The molecule has 0 spiro atoms. The number of benzene rings is 2. The molecule has 3 N–H and O–H groups in total. The minimum absolute atomic E-state index is 0.134. The van der Waals surface area contributed by atoms with Gasteiger partial charge in [-0.15, -0.1) is 0 Å². The molecule has 1 amide bonds. The number of fused-ring (bicyclic) bond motifs is 1. The van der Waals surface area contributed by atoms with Crippen molar-refractivity contribution in [3.63, 3.8) is 0 Å². The third kappa shape index (κ3) is 7.14. The van der Waals surface area contributed by atoms with Gasteiger partial charge in [-0.3, -0.25) is 9.78 Å². The van der Waals surface area contributed by atoms with Crippen molar-refractivity contribution in [2.45, 2.75) is 44.2 Å². The van der Waals surface area contributed by atoms with Crippen LogP contribution in [-0.2, 0) is 4.74 Å². The van der Waals surface area contributed by atoms with E-state index in [0.717, 1.165) is 72.8 Å². The fourth-order valence-corrected chi connectivity index (χ4v) is 5.09. The summed E-state index contributed by atoms with van der Waals surface area (Å²) in [6.07, 6.45) is 6.61. The predicted octanol–water partition coefficient (Wildman–Crippen LogP) is 5.07. The van der Waals surface area contributed by atoms with E-state index >= 15 is 0 Å². The van der Waals surface area contributed by atoms with Gasteiger partial charge in [0.1, 0.15) is 11.4 Å². The first kappa shape index (κ1) is 28.1. The molecule has 8 heteroatoms. The smallest absolute Gasteiger partial charge is 0.270 e.